The van der Waals surface area contributed by atoms with Gasteiger partial charge in [-0.3, -0.25) is 9.59 Å². The van der Waals surface area contributed by atoms with Crippen molar-refractivity contribution in [2.45, 2.75) is 36.2 Å². The molecule has 0 saturated heterocycles. The molecule has 0 aromatic heterocycles. The van der Waals surface area contributed by atoms with Crippen molar-refractivity contribution in [3.63, 3.8) is 0 Å². The second-order valence-corrected chi connectivity index (χ2v) is 6.28. The predicted octanol–water partition coefficient (Wildman–Crippen LogP) is 2.98. The first kappa shape index (κ1) is 17.1. The summed E-state index contributed by atoms with van der Waals surface area (Å²) in [5.74, 6) is -0.410. The van der Waals surface area contributed by atoms with Gasteiger partial charge in [0.2, 0.25) is 11.8 Å². The van der Waals surface area contributed by atoms with Crippen molar-refractivity contribution in [2.75, 3.05) is 0 Å². The minimum atomic E-state index is -0.540. The molecule has 0 aliphatic carbocycles. The molecule has 2 aromatic rings. The van der Waals surface area contributed by atoms with Crippen molar-refractivity contribution < 1.29 is 9.59 Å². The molecule has 2 N–H and O–H groups in total. The maximum absolute atomic E-state index is 12.0. The third kappa shape index (κ3) is 5.45. The molecule has 2 aromatic carbocycles. The van der Waals surface area contributed by atoms with Gasteiger partial charge in [-0.05, 0) is 30.7 Å². The third-order valence-corrected chi connectivity index (χ3v) is 4.34. The summed E-state index contributed by atoms with van der Waals surface area (Å²) in [5, 5.41) is 5.44. The first-order valence-electron chi connectivity index (χ1n) is 7.42. The summed E-state index contributed by atoms with van der Waals surface area (Å²) in [6, 6.07) is 17.5. The zero-order chi connectivity index (χ0) is 16.7. The summed E-state index contributed by atoms with van der Waals surface area (Å²) in [7, 11) is 0. The SMILES string of the molecule is CC(=O)N[C@@H](C)C(=O)NCc1ccccc1Sc1ccccc1. The number of hydrogen-bond acceptors (Lipinski definition) is 3. The van der Waals surface area contributed by atoms with Crippen LogP contribution in [0.2, 0.25) is 0 Å². The highest BCUT2D eigenvalue weighted by molar-refractivity contribution is 7.99. The van der Waals surface area contributed by atoms with Gasteiger partial charge >= 0.3 is 0 Å². The molecule has 0 aliphatic rings. The smallest absolute Gasteiger partial charge is 0.242 e. The molecule has 0 unspecified atom stereocenters. The molecule has 2 amide bonds. The Kier molecular flexibility index (Phi) is 6.23. The van der Waals surface area contributed by atoms with Gasteiger partial charge in [-0.15, -0.1) is 0 Å². The van der Waals surface area contributed by atoms with Crippen LogP contribution < -0.4 is 10.6 Å². The number of nitrogens with one attached hydrogen (secondary N) is 2. The molecule has 0 aliphatic heterocycles. The Labute approximate surface area is 140 Å². The summed E-state index contributed by atoms with van der Waals surface area (Å²) >= 11 is 1.66. The first-order valence-corrected chi connectivity index (χ1v) is 8.23. The number of hydrogen-bond donors (Lipinski definition) is 2. The van der Waals surface area contributed by atoms with E-state index in [0.29, 0.717) is 6.54 Å². The van der Waals surface area contributed by atoms with Crippen LogP contribution in [0.25, 0.3) is 0 Å². The monoisotopic (exact) mass is 328 g/mol. The summed E-state index contributed by atoms with van der Waals surface area (Å²) < 4.78 is 0. The molecule has 4 nitrogen and oxygen atoms in total. The molecule has 5 heteroatoms. The van der Waals surface area contributed by atoms with Crippen LogP contribution in [-0.2, 0) is 16.1 Å². The molecule has 0 saturated carbocycles. The topological polar surface area (TPSA) is 58.2 Å². The number of carbonyl (C=O) groups excluding carboxylic acids is 2. The van der Waals surface area contributed by atoms with E-state index in [1.165, 1.54) is 6.92 Å². The van der Waals surface area contributed by atoms with Crippen molar-refractivity contribution in [1.29, 1.82) is 0 Å². The maximum atomic E-state index is 12.0. The third-order valence-electron chi connectivity index (χ3n) is 3.21. The Morgan fingerprint density at radius 1 is 1.04 bits per heavy atom. The second kappa shape index (κ2) is 8.39. The Hall–Kier alpha value is -2.27. The molecule has 0 spiro atoms. The lowest BCUT2D eigenvalue weighted by Crippen LogP contribution is -2.43. The van der Waals surface area contributed by atoms with Crippen LogP contribution in [0.3, 0.4) is 0 Å². The fourth-order valence-electron chi connectivity index (χ4n) is 2.07. The van der Waals surface area contributed by atoms with Gasteiger partial charge in [-0.25, -0.2) is 0 Å². The lowest BCUT2D eigenvalue weighted by atomic mass is 10.2. The standard InChI is InChI=1S/C18H20N2O2S/c1-13(20-14(2)21)18(22)19-12-15-8-6-7-11-17(15)23-16-9-4-3-5-10-16/h3-11,13H,12H2,1-2H3,(H,19,22)(H,20,21)/t13-/m0/s1. The average molecular weight is 328 g/mol. The highest BCUT2D eigenvalue weighted by atomic mass is 32.2. The van der Waals surface area contributed by atoms with E-state index in [9.17, 15) is 9.59 Å². The van der Waals surface area contributed by atoms with E-state index in [2.05, 4.69) is 22.8 Å². The summed E-state index contributed by atoms with van der Waals surface area (Å²) in [4.78, 5) is 25.2. The minimum Gasteiger partial charge on any atom is -0.350 e. The Bertz CT molecular complexity index is 674. The van der Waals surface area contributed by atoms with E-state index in [4.69, 9.17) is 0 Å². The predicted molar refractivity (Wildman–Crippen MR) is 92.1 cm³/mol. The summed E-state index contributed by atoms with van der Waals surface area (Å²) in [5.41, 5.74) is 1.05. The molecule has 0 fully saturated rings. The maximum Gasteiger partial charge on any atom is 0.242 e. The van der Waals surface area contributed by atoms with Crippen molar-refractivity contribution in [3.05, 3.63) is 60.2 Å². The molecule has 0 radical (unpaired) electrons. The van der Waals surface area contributed by atoms with Crippen molar-refractivity contribution in [1.82, 2.24) is 10.6 Å². The molecule has 2 rings (SSSR count). The number of carbonyl (C=O) groups is 2. The van der Waals surface area contributed by atoms with Gasteiger partial charge in [0.05, 0.1) is 0 Å². The van der Waals surface area contributed by atoms with Gasteiger partial charge < -0.3 is 10.6 Å². The molecule has 1 atom stereocenters. The van der Waals surface area contributed by atoms with E-state index in [0.717, 1.165) is 15.4 Å². The highest BCUT2D eigenvalue weighted by Gasteiger charge is 2.13. The van der Waals surface area contributed by atoms with Gasteiger partial charge in [-0.1, -0.05) is 48.2 Å². The van der Waals surface area contributed by atoms with E-state index in [1.807, 2.05) is 42.5 Å². The van der Waals surface area contributed by atoms with Crippen LogP contribution in [0.1, 0.15) is 19.4 Å². The highest BCUT2D eigenvalue weighted by Crippen LogP contribution is 2.30. The molecule has 0 heterocycles. The zero-order valence-corrected chi connectivity index (χ0v) is 14.0. The fourth-order valence-corrected chi connectivity index (χ4v) is 3.04. The van der Waals surface area contributed by atoms with Crippen LogP contribution in [0, 0.1) is 0 Å². The largest absolute Gasteiger partial charge is 0.350 e. The molecule has 120 valence electrons. The van der Waals surface area contributed by atoms with Crippen LogP contribution in [0.4, 0.5) is 0 Å². The lowest BCUT2D eigenvalue weighted by molar-refractivity contribution is -0.127. The Morgan fingerprint density at radius 3 is 2.39 bits per heavy atom. The Balaban J connectivity index is 2.00. The average Bonchev–Trinajstić information content (AvgIpc) is 2.54. The normalized spacial score (nSPS) is 11.6. The van der Waals surface area contributed by atoms with Crippen LogP contribution in [0.5, 0.6) is 0 Å². The molecule has 0 bridgehead atoms. The fraction of sp³-hybridized carbons (Fsp3) is 0.222. The van der Waals surface area contributed by atoms with E-state index in [1.54, 1.807) is 18.7 Å². The lowest BCUT2D eigenvalue weighted by Gasteiger charge is -2.14. The van der Waals surface area contributed by atoms with Crippen LogP contribution >= 0.6 is 11.8 Å². The number of rotatable bonds is 6. The Morgan fingerprint density at radius 2 is 1.70 bits per heavy atom. The summed E-state index contributed by atoms with van der Waals surface area (Å²) in [6.07, 6.45) is 0. The first-order chi connectivity index (χ1) is 11.1. The van der Waals surface area contributed by atoms with E-state index >= 15 is 0 Å². The minimum absolute atomic E-state index is 0.195. The summed E-state index contributed by atoms with van der Waals surface area (Å²) in [6.45, 7) is 3.50. The molecular weight excluding hydrogens is 308 g/mol. The quantitative estimate of drug-likeness (QED) is 0.857. The van der Waals surface area contributed by atoms with Crippen LogP contribution in [0.15, 0.2) is 64.4 Å². The van der Waals surface area contributed by atoms with Gasteiger partial charge in [-0.2, -0.15) is 0 Å². The van der Waals surface area contributed by atoms with E-state index in [-0.39, 0.29) is 11.8 Å². The molecular formula is C18H20N2O2S. The van der Waals surface area contributed by atoms with Crippen molar-refractivity contribution >= 4 is 23.6 Å². The van der Waals surface area contributed by atoms with Gasteiger partial charge in [0.1, 0.15) is 6.04 Å². The van der Waals surface area contributed by atoms with Crippen LogP contribution in [-0.4, -0.2) is 17.9 Å². The zero-order valence-electron chi connectivity index (χ0n) is 13.2. The second-order valence-electron chi connectivity index (χ2n) is 5.16. The van der Waals surface area contributed by atoms with Crippen molar-refractivity contribution in [3.8, 4) is 0 Å². The molecule has 23 heavy (non-hydrogen) atoms. The number of amides is 2. The van der Waals surface area contributed by atoms with E-state index < -0.39 is 6.04 Å². The number of benzene rings is 2. The van der Waals surface area contributed by atoms with Gasteiger partial charge in [0.15, 0.2) is 0 Å². The van der Waals surface area contributed by atoms with Gasteiger partial charge in [0, 0.05) is 23.3 Å². The van der Waals surface area contributed by atoms with Crippen molar-refractivity contribution in [2.24, 2.45) is 0 Å². The van der Waals surface area contributed by atoms with Gasteiger partial charge in [0.25, 0.3) is 0 Å².